The fourth-order valence-corrected chi connectivity index (χ4v) is 4.41. The van der Waals surface area contributed by atoms with Gasteiger partial charge in [0.15, 0.2) is 0 Å². The molecule has 1 heterocycles. The van der Waals surface area contributed by atoms with Gasteiger partial charge in [-0.3, -0.25) is 4.79 Å². The highest BCUT2D eigenvalue weighted by Gasteiger charge is 2.30. The van der Waals surface area contributed by atoms with Crippen LogP contribution in [0.1, 0.15) is 34.3 Å². The van der Waals surface area contributed by atoms with E-state index in [1.54, 1.807) is 11.0 Å². The molecule has 1 saturated heterocycles. The number of amides is 1. The Labute approximate surface area is 188 Å². The molecule has 1 aliphatic heterocycles. The highest BCUT2D eigenvalue weighted by atomic mass is 19.4. The molecule has 0 N–H and O–H groups in total. The van der Waals surface area contributed by atoms with Gasteiger partial charge in [-0.1, -0.05) is 30.3 Å². The molecule has 4 nitrogen and oxygen atoms in total. The van der Waals surface area contributed by atoms with Crippen LogP contribution in [0, 0.1) is 5.92 Å². The third-order valence-electron chi connectivity index (χ3n) is 6.07. The molecule has 0 aliphatic carbocycles. The van der Waals surface area contributed by atoms with Crippen LogP contribution in [-0.4, -0.2) is 63.0 Å². The van der Waals surface area contributed by atoms with Crippen LogP contribution in [0.15, 0.2) is 48.5 Å². The molecule has 0 radical (unpaired) electrons. The summed E-state index contributed by atoms with van der Waals surface area (Å²) in [5.41, 5.74) is 1.70. The SMILES string of the molecule is CN(CC1CCCN(CCc2cccc(C(F)(F)F)c2)C1)C(=O)c1ccccc1N(C)C. The van der Waals surface area contributed by atoms with E-state index in [4.69, 9.17) is 0 Å². The zero-order valence-corrected chi connectivity index (χ0v) is 19.0. The molecule has 1 unspecified atom stereocenters. The minimum atomic E-state index is -4.31. The Bertz CT molecular complexity index is 913. The smallest absolute Gasteiger partial charge is 0.377 e. The van der Waals surface area contributed by atoms with Gasteiger partial charge in [-0.2, -0.15) is 13.2 Å². The van der Waals surface area contributed by atoms with Gasteiger partial charge in [-0.15, -0.1) is 0 Å². The largest absolute Gasteiger partial charge is 0.416 e. The zero-order valence-electron chi connectivity index (χ0n) is 19.0. The number of piperidine rings is 1. The van der Waals surface area contributed by atoms with Crippen molar-refractivity contribution in [2.24, 2.45) is 5.92 Å². The zero-order chi connectivity index (χ0) is 23.3. The van der Waals surface area contributed by atoms with Gasteiger partial charge in [-0.25, -0.2) is 0 Å². The van der Waals surface area contributed by atoms with Crippen LogP contribution in [-0.2, 0) is 12.6 Å². The topological polar surface area (TPSA) is 26.8 Å². The number of hydrogen-bond acceptors (Lipinski definition) is 3. The molecule has 7 heteroatoms. The molecule has 1 atom stereocenters. The van der Waals surface area contributed by atoms with Crippen LogP contribution in [0.3, 0.4) is 0 Å². The summed E-state index contributed by atoms with van der Waals surface area (Å²) in [5, 5.41) is 0. The molecule has 0 saturated carbocycles. The van der Waals surface area contributed by atoms with Crippen molar-refractivity contribution < 1.29 is 18.0 Å². The number of halogens is 3. The fraction of sp³-hybridized carbons (Fsp3) is 0.480. The van der Waals surface area contributed by atoms with Crippen LogP contribution in [0.4, 0.5) is 18.9 Å². The normalized spacial score (nSPS) is 17.2. The summed E-state index contributed by atoms with van der Waals surface area (Å²) in [4.78, 5) is 19.1. The number of anilines is 1. The number of carbonyl (C=O) groups excluding carboxylic acids is 1. The lowest BCUT2D eigenvalue weighted by molar-refractivity contribution is -0.137. The van der Waals surface area contributed by atoms with Crippen LogP contribution >= 0.6 is 0 Å². The maximum absolute atomic E-state index is 13.0. The molecular weight excluding hydrogens is 415 g/mol. The third kappa shape index (κ3) is 6.25. The highest BCUT2D eigenvalue weighted by molar-refractivity contribution is 5.99. The van der Waals surface area contributed by atoms with E-state index in [0.717, 1.165) is 44.2 Å². The summed E-state index contributed by atoms with van der Waals surface area (Å²) in [6, 6.07) is 13.2. The third-order valence-corrected chi connectivity index (χ3v) is 6.07. The van der Waals surface area contributed by atoms with Crippen molar-refractivity contribution in [3.05, 3.63) is 65.2 Å². The summed E-state index contributed by atoms with van der Waals surface area (Å²) in [6.07, 6.45) is -1.65. The first-order valence-electron chi connectivity index (χ1n) is 11.1. The number of hydrogen-bond donors (Lipinski definition) is 0. The Morgan fingerprint density at radius 3 is 2.56 bits per heavy atom. The molecule has 0 bridgehead atoms. The average Bonchev–Trinajstić information content (AvgIpc) is 2.77. The van der Waals surface area contributed by atoms with E-state index in [1.807, 2.05) is 50.3 Å². The molecule has 1 fully saturated rings. The molecule has 1 amide bonds. The van der Waals surface area contributed by atoms with Gasteiger partial charge in [0.2, 0.25) is 0 Å². The number of benzene rings is 2. The van der Waals surface area contributed by atoms with Crippen molar-refractivity contribution in [1.29, 1.82) is 0 Å². The van der Waals surface area contributed by atoms with E-state index in [9.17, 15) is 18.0 Å². The van der Waals surface area contributed by atoms with Gasteiger partial charge < -0.3 is 14.7 Å². The van der Waals surface area contributed by atoms with Crippen molar-refractivity contribution >= 4 is 11.6 Å². The van der Waals surface area contributed by atoms with E-state index in [-0.39, 0.29) is 5.91 Å². The lowest BCUT2D eigenvalue weighted by atomic mass is 9.96. The Balaban J connectivity index is 1.56. The van der Waals surface area contributed by atoms with Crippen molar-refractivity contribution in [3.8, 4) is 0 Å². The van der Waals surface area contributed by atoms with Crippen molar-refractivity contribution in [2.45, 2.75) is 25.4 Å². The summed E-state index contributed by atoms with van der Waals surface area (Å²) < 4.78 is 38.8. The van der Waals surface area contributed by atoms with Gasteiger partial charge in [-0.05, 0) is 55.5 Å². The van der Waals surface area contributed by atoms with E-state index in [2.05, 4.69) is 4.90 Å². The first kappa shape index (κ1) is 24.1. The lowest BCUT2D eigenvalue weighted by Crippen LogP contribution is -2.42. The van der Waals surface area contributed by atoms with Crippen LogP contribution in [0.25, 0.3) is 0 Å². The predicted molar refractivity (Wildman–Crippen MR) is 122 cm³/mol. The lowest BCUT2D eigenvalue weighted by Gasteiger charge is -2.35. The monoisotopic (exact) mass is 447 g/mol. The number of nitrogens with zero attached hydrogens (tertiary/aromatic N) is 3. The Morgan fingerprint density at radius 1 is 1.09 bits per heavy atom. The second-order valence-electron chi connectivity index (χ2n) is 8.85. The van der Waals surface area contributed by atoms with Crippen molar-refractivity contribution in [1.82, 2.24) is 9.80 Å². The Kier molecular flexibility index (Phi) is 7.82. The number of para-hydroxylation sites is 1. The van der Waals surface area contributed by atoms with E-state index < -0.39 is 11.7 Å². The molecule has 2 aromatic rings. The summed E-state index contributed by atoms with van der Waals surface area (Å²) in [5.74, 6) is 0.362. The van der Waals surface area contributed by atoms with E-state index in [0.29, 0.717) is 30.0 Å². The molecule has 1 aliphatic rings. The standard InChI is InChI=1S/C25H32F3N3O/c1-29(2)23-12-5-4-11-22(23)24(32)30(3)17-20-9-7-14-31(18-20)15-13-19-8-6-10-21(16-19)25(26,27)28/h4-6,8,10-12,16,20H,7,9,13-15,17-18H2,1-3H3. The predicted octanol–water partition coefficient (Wildman–Crippen LogP) is 4.80. The Hall–Kier alpha value is -2.54. The molecule has 0 aromatic heterocycles. The van der Waals surface area contributed by atoms with Gasteiger partial charge in [0.25, 0.3) is 5.91 Å². The number of carbonyl (C=O) groups is 1. The van der Waals surface area contributed by atoms with Gasteiger partial charge >= 0.3 is 6.18 Å². The molecule has 2 aromatic carbocycles. The number of likely N-dealkylation sites (tertiary alicyclic amines) is 1. The van der Waals surface area contributed by atoms with Crippen molar-refractivity contribution in [3.63, 3.8) is 0 Å². The second-order valence-corrected chi connectivity index (χ2v) is 8.85. The summed E-state index contributed by atoms with van der Waals surface area (Å²) >= 11 is 0. The van der Waals surface area contributed by atoms with E-state index in [1.165, 1.54) is 12.1 Å². The van der Waals surface area contributed by atoms with Gasteiger partial charge in [0.05, 0.1) is 11.1 Å². The number of alkyl halides is 3. The molecule has 32 heavy (non-hydrogen) atoms. The average molecular weight is 448 g/mol. The first-order chi connectivity index (χ1) is 15.1. The molecule has 3 rings (SSSR count). The first-order valence-corrected chi connectivity index (χ1v) is 11.1. The van der Waals surface area contributed by atoms with Crippen LogP contribution < -0.4 is 4.90 Å². The summed E-state index contributed by atoms with van der Waals surface area (Å²) in [7, 11) is 5.70. The van der Waals surface area contributed by atoms with Crippen LogP contribution in [0.5, 0.6) is 0 Å². The van der Waals surface area contributed by atoms with Crippen molar-refractivity contribution in [2.75, 3.05) is 52.2 Å². The van der Waals surface area contributed by atoms with Crippen LogP contribution in [0.2, 0.25) is 0 Å². The van der Waals surface area contributed by atoms with Gasteiger partial charge in [0.1, 0.15) is 0 Å². The maximum Gasteiger partial charge on any atom is 0.416 e. The quantitative estimate of drug-likeness (QED) is 0.610. The summed E-state index contributed by atoms with van der Waals surface area (Å²) in [6.45, 7) is 3.18. The Morgan fingerprint density at radius 2 is 1.84 bits per heavy atom. The minimum absolute atomic E-state index is 0.00962. The molecule has 174 valence electrons. The molecular formula is C25H32F3N3O. The van der Waals surface area contributed by atoms with Gasteiger partial charge in [0, 0.05) is 46.5 Å². The van der Waals surface area contributed by atoms with E-state index >= 15 is 0 Å². The maximum atomic E-state index is 13.0. The second kappa shape index (κ2) is 10.4. The molecule has 0 spiro atoms. The fourth-order valence-electron chi connectivity index (χ4n) is 4.41. The minimum Gasteiger partial charge on any atom is -0.377 e. The highest BCUT2D eigenvalue weighted by Crippen LogP contribution is 2.30. The number of rotatable bonds is 7.